The number of hydrogen-bond donors (Lipinski definition) is 0. The van der Waals surface area contributed by atoms with Gasteiger partial charge in [-0.1, -0.05) is 23.7 Å². The van der Waals surface area contributed by atoms with Crippen molar-refractivity contribution in [3.05, 3.63) is 69.9 Å². The molecular formula is C36H47ClN2O6. The van der Waals surface area contributed by atoms with E-state index < -0.39 is 22.9 Å². The zero-order chi connectivity index (χ0) is 33.5. The number of esters is 1. The Labute approximate surface area is 272 Å². The van der Waals surface area contributed by atoms with Gasteiger partial charge in [-0.15, -0.1) is 0 Å². The summed E-state index contributed by atoms with van der Waals surface area (Å²) in [6.07, 6.45) is 2.34. The lowest BCUT2D eigenvalue weighted by atomic mass is 9.76. The van der Waals surface area contributed by atoms with Gasteiger partial charge in [0.15, 0.2) is 0 Å². The first-order valence-corrected chi connectivity index (χ1v) is 15.9. The number of carbonyl (C=O) groups is 3. The number of rotatable bonds is 4. The van der Waals surface area contributed by atoms with Gasteiger partial charge in [0, 0.05) is 30.6 Å². The van der Waals surface area contributed by atoms with Gasteiger partial charge in [0.2, 0.25) is 0 Å². The van der Waals surface area contributed by atoms with Crippen molar-refractivity contribution in [2.45, 2.75) is 105 Å². The lowest BCUT2D eigenvalue weighted by Crippen LogP contribution is -2.45. The summed E-state index contributed by atoms with van der Waals surface area (Å²) in [7, 11) is 0. The molecule has 9 heteroatoms. The van der Waals surface area contributed by atoms with Crippen molar-refractivity contribution in [3.8, 4) is 0 Å². The predicted octanol–water partition coefficient (Wildman–Crippen LogP) is 8.92. The van der Waals surface area contributed by atoms with E-state index in [-0.39, 0.29) is 23.9 Å². The summed E-state index contributed by atoms with van der Waals surface area (Å²) in [5, 5.41) is 1.38. The van der Waals surface area contributed by atoms with Crippen molar-refractivity contribution in [3.63, 3.8) is 0 Å². The number of aryl methyl sites for hydroxylation is 1. The molecule has 0 unspecified atom stereocenters. The van der Waals surface area contributed by atoms with Crippen LogP contribution in [0.25, 0.3) is 10.9 Å². The normalized spacial score (nSPS) is 17.7. The molecule has 1 aliphatic heterocycles. The summed E-state index contributed by atoms with van der Waals surface area (Å²) < 4.78 is 18.4. The maximum absolute atomic E-state index is 13.1. The zero-order valence-electron chi connectivity index (χ0n) is 28.2. The largest absolute Gasteiger partial charge is 0.456 e. The minimum absolute atomic E-state index is 0.0305. The van der Waals surface area contributed by atoms with Crippen LogP contribution in [0.2, 0.25) is 5.02 Å². The second kappa shape index (κ2) is 12.7. The molecule has 1 aromatic heterocycles. The first-order chi connectivity index (χ1) is 20.7. The molecule has 0 radical (unpaired) electrons. The molecule has 2 aromatic carbocycles. The molecule has 1 amide bonds. The summed E-state index contributed by atoms with van der Waals surface area (Å²) in [5.41, 5.74) is 2.40. The lowest BCUT2D eigenvalue weighted by molar-refractivity contribution is 0.00684. The monoisotopic (exact) mass is 638 g/mol. The van der Waals surface area contributed by atoms with Crippen LogP contribution in [0, 0.1) is 12.8 Å². The van der Waals surface area contributed by atoms with Crippen molar-refractivity contribution < 1.29 is 28.6 Å². The highest BCUT2D eigenvalue weighted by atomic mass is 35.5. The second-order valence-electron chi connectivity index (χ2n) is 15.0. The molecule has 4 rings (SSSR count). The van der Waals surface area contributed by atoms with Crippen LogP contribution in [0.1, 0.15) is 102 Å². The number of nitrogens with zero attached hydrogens (tertiary/aromatic N) is 2. The fraction of sp³-hybridized carbons (Fsp3) is 0.528. The van der Waals surface area contributed by atoms with Gasteiger partial charge in [-0.2, -0.15) is 0 Å². The van der Waals surface area contributed by atoms with Crippen LogP contribution in [0.15, 0.2) is 42.6 Å². The maximum Gasteiger partial charge on any atom is 0.419 e. The van der Waals surface area contributed by atoms with Gasteiger partial charge in [0.25, 0.3) is 0 Å². The predicted molar refractivity (Wildman–Crippen MR) is 177 cm³/mol. The zero-order valence-corrected chi connectivity index (χ0v) is 29.0. The van der Waals surface area contributed by atoms with Crippen LogP contribution in [-0.2, 0) is 20.6 Å². The summed E-state index contributed by atoms with van der Waals surface area (Å²) in [6.45, 7) is 19.7. The van der Waals surface area contributed by atoms with Gasteiger partial charge in [-0.25, -0.2) is 14.4 Å². The molecule has 0 spiro atoms. The van der Waals surface area contributed by atoms with E-state index >= 15 is 0 Å². The van der Waals surface area contributed by atoms with E-state index in [1.807, 2.05) is 93.5 Å². The SMILES string of the molecule is Cc1cc(Cl)c2c(ccn2C(=O)OC(C)(C)C)c1C[C@@H]1CCN(C(=O)OC(C)(C)C)C[C@H]1c1ccc(C(=O)OC(C)(C)C)cc1. The average Bonchev–Trinajstić information content (AvgIpc) is 3.34. The number of ether oxygens (including phenoxy) is 3. The van der Waals surface area contributed by atoms with Crippen molar-refractivity contribution in [1.29, 1.82) is 0 Å². The molecule has 244 valence electrons. The maximum atomic E-state index is 13.1. The van der Waals surface area contributed by atoms with E-state index in [9.17, 15) is 14.4 Å². The third kappa shape index (κ3) is 8.60. The Morgan fingerprint density at radius 3 is 2.00 bits per heavy atom. The van der Waals surface area contributed by atoms with Crippen molar-refractivity contribution in [1.82, 2.24) is 9.47 Å². The fourth-order valence-electron chi connectivity index (χ4n) is 5.79. The Balaban J connectivity index is 1.70. The molecule has 8 nitrogen and oxygen atoms in total. The Morgan fingerprint density at radius 2 is 1.42 bits per heavy atom. The smallest absolute Gasteiger partial charge is 0.419 e. The molecule has 2 atom stereocenters. The third-order valence-electron chi connectivity index (χ3n) is 7.69. The number of carbonyl (C=O) groups excluding carboxylic acids is 3. The highest BCUT2D eigenvalue weighted by Gasteiger charge is 2.35. The number of aromatic nitrogens is 1. The Morgan fingerprint density at radius 1 is 0.844 bits per heavy atom. The minimum Gasteiger partial charge on any atom is -0.456 e. The number of benzene rings is 2. The van der Waals surface area contributed by atoms with Gasteiger partial charge in [-0.05, 0) is 129 Å². The van der Waals surface area contributed by atoms with Crippen LogP contribution in [-0.4, -0.2) is 57.5 Å². The summed E-state index contributed by atoms with van der Waals surface area (Å²) in [6, 6.07) is 11.3. The molecule has 3 aromatic rings. The molecule has 1 saturated heterocycles. The number of fused-ring (bicyclic) bond motifs is 1. The van der Waals surface area contributed by atoms with Gasteiger partial charge >= 0.3 is 18.2 Å². The quantitative estimate of drug-likeness (QED) is 0.209. The summed E-state index contributed by atoms with van der Waals surface area (Å²) in [5.74, 6) is -0.251. The molecule has 45 heavy (non-hydrogen) atoms. The highest BCUT2D eigenvalue weighted by molar-refractivity contribution is 6.35. The van der Waals surface area contributed by atoms with E-state index in [2.05, 4.69) is 0 Å². The lowest BCUT2D eigenvalue weighted by Gasteiger charge is -2.40. The highest BCUT2D eigenvalue weighted by Crippen LogP contribution is 2.39. The van der Waals surface area contributed by atoms with Crippen LogP contribution < -0.4 is 0 Å². The molecule has 0 bridgehead atoms. The van der Waals surface area contributed by atoms with E-state index in [1.165, 1.54) is 4.57 Å². The molecule has 2 heterocycles. The number of hydrogen-bond acceptors (Lipinski definition) is 6. The van der Waals surface area contributed by atoms with Crippen LogP contribution in [0.4, 0.5) is 9.59 Å². The summed E-state index contributed by atoms with van der Waals surface area (Å²) >= 11 is 6.73. The molecule has 0 saturated carbocycles. The minimum atomic E-state index is -0.651. The number of likely N-dealkylation sites (tertiary alicyclic amines) is 1. The molecular weight excluding hydrogens is 592 g/mol. The fourth-order valence-corrected chi connectivity index (χ4v) is 6.15. The van der Waals surface area contributed by atoms with Crippen LogP contribution in [0.5, 0.6) is 0 Å². The van der Waals surface area contributed by atoms with E-state index in [0.29, 0.717) is 35.6 Å². The Bertz CT molecular complexity index is 1570. The van der Waals surface area contributed by atoms with Crippen molar-refractivity contribution in [2.75, 3.05) is 13.1 Å². The van der Waals surface area contributed by atoms with Crippen LogP contribution in [0.3, 0.4) is 0 Å². The van der Waals surface area contributed by atoms with E-state index in [1.54, 1.807) is 23.2 Å². The van der Waals surface area contributed by atoms with E-state index in [0.717, 1.165) is 28.5 Å². The van der Waals surface area contributed by atoms with Gasteiger partial charge in [0.05, 0.1) is 16.1 Å². The topological polar surface area (TPSA) is 87.1 Å². The second-order valence-corrected chi connectivity index (χ2v) is 15.4. The number of piperidine rings is 1. The number of amides is 1. The Hall–Kier alpha value is -3.52. The van der Waals surface area contributed by atoms with Gasteiger partial charge < -0.3 is 19.1 Å². The van der Waals surface area contributed by atoms with Gasteiger partial charge in [0.1, 0.15) is 16.8 Å². The first-order valence-electron chi connectivity index (χ1n) is 15.6. The summed E-state index contributed by atoms with van der Waals surface area (Å²) in [4.78, 5) is 40.7. The van der Waals surface area contributed by atoms with E-state index in [4.69, 9.17) is 25.8 Å². The Kier molecular flexibility index (Phi) is 9.70. The van der Waals surface area contributed by atoms with Crippen molar-refractivity contribution in [2.24, 2.45) is 5.92 Å². The number of halogens is 1. The molecule has 1 fully saturated rings. The van der Waals surface area contributed by atoms with Crippen LogP contribution >= 0.6 is 11.6 Å². The standard InChI is InChI=1S/C36H47ClN2O6/c1-22-19-29(37)30-26(16-18-39(30)33(42)45-36(8,9)10)27(22)20-25-15-17-38(32(41)44-35(5,6)7)21-28(25)23-11-13-24(14-12-23)31(40)43-34(2,3)4/h11-14,16,18-19,25,28H,15,17,20-21H2,1-10H3/t25-,28-/m0/s1. The van der Waals surface area contributed by atoms with Gasteiger partial charge in [-0.3, -0.25) is 4.57 Å². The molecule has 0 N–H and O–H groups in total. The molecule has 0 aliphatic carbocycles. The van der Waals surface area contributed by atoms with Crippen molar-refractivity contribution >= 4 is 40.7 Å². The average molecular weight is 639 g/mol. The first kappa shape index (κ1) is 34.4. The molecule has 1 aliphatic rings. The third-order valence-corrected chi connectivity index (χ3v) is 7.98.